The van der Waals surface area contributed by atoms with E-state index in [1.165, 1.54) is 6.42 Å². The summed E-state index contributed by atoms with van der Waals surface area (Å²) in [6.45, 7) is 4.49. The van der Waals surface area contributed by atoms with Crippen LogP contribution >= 0.6 is 0 Å². The molecule has 1 saturated heterocycles. The summed E-state index contributed by atoms with van der Waals surface area (Å²) in [5.41, 5.74) is 1.40. The molecule has 0 bridgehead atoms. The van der Waals surface area contributed by atoms with Gasteiger partial charge in [-0.3, -0.25) is 9.78 Å². The number of carbonyl (C=O) groups excluding carboxylic acids is 1. The predicted molar refractivity (Wildman–Crippen MR) is 83.6 cm³/mol. The summed E-state index contributed by atoms with van der Waals surface area (Å²) in [7, 11) is 0. The van der Waals surface area contributed by atoms with Crippen molar-refractivity contribution in [3.63, 3.8) is 0 Å². The van der Waals surface area contributed by atoms with E-state index in [0.29, 0.717) is 18.3 Å². The summed E-state index contributed by atoms with van der Waals surface area (Å²) >= 11 is 0. The van der Waals surface area contributed by atoms with Crippen molar-refractivity contribution in [3.05, 3.63) is 24.0 Å². The first-order valence-corrected chi connectivity index (χ1v) is 7.89. The predicted octanol–water partition coefficient (Wildman–Crippen LogP) is 2.59. The second-order valence-corrected chi connectivity index (χ2v) is 5.39. The number of hydrogen-bond donors (Lipinski definition) is 2. The molecule has 21 heavy (non-hydrogen) atoms. The molecule has 1 aliphatic heterocycles. The Bertz CT molecular complexity index is 445. The maximum atomic E-state index is 12.1. The van der Waals surface area contributed by atoms with Gasteiger partial charge >= 0.3 is 0 Å². The van der Waals surface area contributed by atoms with Crippen LogP contribution in [0.1, 0.15) is 49.5 Å². The van der Waals surface area contributed by atoms with E-state index in [-0.39, 0.29) is 5.91 Å². The van der Waals surface area contributed by atoms with Gasteiger partial charge in [0.2, 0.25) is 0 Å². The van der Waals surface area contributed by atoms with E-state index in [0.717, 1.165) is 44.5 Å². The van der Waals surface area contributed by atoms with Gasteiger partial charge in [-0.1, -0.05) is 6.92 Å². The van der Waals surface area contributed by atoms with Crippen molar-refractivity contribution < 1.29 is 9.53 Å². The van der Waals surface area contributed by atoms with Crippen molar-refractivity contribution in [2.75, 3.05) is 25.0 Å². The van der Waals surface area contributed by atoms with Crippen LogP contribution in [0, 0.1) is 0 Å². The van der Waals surface area contributed by atoms with E-state index in [9.17, 15) is 4.79 Å². The number of pyridine rings is 1. The van der Waals surface area contributed by atoms with Gasteiger partial charge in [-0.05, 0) is 44.2 Å². The Labute approximate surface area is 126 Å². The van der Waals surface area contributed by atoms with Gasteiger partial charge in [0.15, 0.2) is 0 Å². The van der Waals surface area contributed by atoms with Crippen molar-refractivity contribution >= 4 is 11.6 Å². The normalized spacial score (nSPS) is 18.2. The molecular formula is C16H25N3O2. The second-order valence-electron chi connectivity index (χ2n) is 5.39. The lowest BCUT2D eigenvalue weighted by Crippen LogP contribution is -2.30. The molecule has 2 heterocycles. The van der Waals surface area contributed by atoms with Crippen LogP contribution in [0.4, 0.5) is 5.69 Å². The number of aromatic nitrogens is 1. The summed E-state index contributed by atoms with van der Waals surface area (Å²) in [6.07, 6.45) is 7.37. The highest BCUT2D eigenvalue weighted by atomic mass is 16.5. The number of nitrogens with zero attached hydrogens (tertiary/aromatic N) is 1. The molecule has 5 nitrogen and oxygen atoms in total. The summed E-state index contributed by atoms with van der Waals surface area (Å²) < 4.78 is 5.65. The van der Waals surface area contributed by atoms with Gasteiger partial charge in [0, 0.05) is 31.6 Å². The van der Waals surface area contributed by atoms with Crippen LogP contribution < -0.4 is 10.6 Å². The molecule has 1 atom stereocenters. The fraction of sp³-hybridized carbons (Fsp3) is 0.625. The highest BCUT2D eigenvalue weighted by Gasteiger charge is 2.14. The highest BCUT2D eigenvalue weighted by molar-refractivity contribution is 5.93. The molecular weight excluding hydrogens is 266 g/mol. The van der Waals surface area contributed by atoms with Gasteiger partial charge in [0.1, 0.15) is 5.69 Å². The molecule has 116 valence electrons. The first-order chi connectivity index (χ1) is 10.3. The number of carbonyl (C=O) groups is 1. The molecule has 2 rings (SSSR count). The minimum atomic E-state index is -0.119. The topological polar surface area (TPSA) is 63.2 Å². The lowest BCUT2D eigenvalue weighted by atomic mass is 10.1. The van der Waals surface area contributed by atoms with Gasteiger partial charge in [-0.25, -0.2) is 0 Å². The van der Waals surface area contributed by atoms with Crippen LogP contribution in [-0.2, 0) is 4.74 Å². The SMILES string of the molecule is CCCNc1ccnc(C(=O)NCCC2CCCCO2)c1. The van der Waals surface area contributed by atoms with E-state index in [2.05, 4.69) is 22.5 Å². The van der Waals surface area contributed by atoms with Crippen LogP contribution in [0.2, 0.25) is 0 Å². The smallest absolute Gasteiger partial charge is 0.269 e. The lowest BCUT2D eigenvalue weighted by molar-refractivity contribution is 0.0117. The van der Waals surface area contributed by atoms with Crippen molar-refractivity contribution in [1.29, 1.82) is 0 Å². The Morgan fingerprint density at radius 2 is 2.33 bits per heavy atom. The zero-order valence-corrected chi connectivity index (χ0v) is 12.7. The Morgan fingerprint density at radius 1 is 1.43 bits per heavy atom. The van der Waals surface area contributed by atoms with Crippen molar-refractivity contribution in [3.8, 4) is 0 Å². The highest BCUT2D eigenvalue weighted by Crippen LogP contribution is 2.15. The molecule has 1 aliphatic rings. The van der Waals surface area contributed by atoms with E-state index >= 15 is 0 Å². The average molecular weight is 291 g/mol. The number of hydrogen-bond acceptors (Lipinski definition) is 4. The van der Waals surface area contributed by atoms with Crippen LogP contribution in [0.25, 0.3) is 0 Å². The summed E-state index contributed by atoms with van der Waals surface area (Å²) in [5, 5.41) is 6.18. The Hall–Kier alpha value is -1.62. The molecule has 0 aromatic carbocycles. The monoisotopic (exact) mass is 291 g/mol. The molecule has 1 aromatic rings. The first kappa shape index (κ1) is 15.8. The molecule has 2 N–H and O–H groups in total. The van der Waals surface area contributed by atoms with Gasteiger partial charge in [-0.15, -0.1) is 0 Å². The zero-order valence-electron chi connectivity index (χ0n) is 12.7. The van der Waals surface area contributed by atoms with Crippen molar-refractivity contribution in [1.82, 2.24) is 10.3 Å². The molecule has 1 aromatic heterocycles. The van der Waals surface area contributed by atoms with E-state index in [1.54, 1.807) is 12.3 Å². The number of rotatable bonds is 7. The van der Waals surface area contributed by atoms with E-state index in [1.807, 2.05) is 6.07 Å². The van der Waals surface area contributed by atoms with Crippen LogP contribution in [0.3, 0.4) is 0 Å². The third kappa shape index (κ3) is 5.34. The van der Waals surface area contributed by atoms with Gasteiger partial charge < -0.3 is 15.4 Å². The van der Waals surface area contributed by atoms with Gasteiger partial charge in [0.25, 0.3) is 5.91 Å². The maximum Gasteiger partial charge on any atom is 0.269 e. The van der Waals surface area contributed by atoms with Gasteiger partial charge in [-0.2, -0.15) is 0 Å². The maximum absolute atomic E-state index is 12.1. The Balaban J connectivity index is 1.76. The minimum absolute atomic E-state index is 0.119. The number of nitrogens with one attached hydrogen (secondary N) is 2. The standard InChI is InChI=1S/C16H25N3O2/c1-2-8-17-13-6-9-18-15(12-13)16(20)19-10-7-14-5-3-4-11-21-14/h6,9,12,14H,2-5,7-8,10-11H2,1H3,(H,17,18)(H,19,20). The van der Waals surface area contributed by atoms with Crippen LogP contribution in [0.5, 0.6) is 0 Å². The molecule has 5 heteroatoms. The molecule has 1 amide bonds. The number of ether oxygens (including phenoxy) is 1. The molecule has 0 spiro atoms. The minimum Gasteiger partial charge on any atom is -0.385 e. The third-order valence-corrected chi connectivity index (χ3v) is 3.60. The fourth-order valence-corrected chi connectivity index (χ4v) is 2.41. The molecule has 0 radical (unpaired) electrons. The summed E-state index contributed by atoms with van der Waals surface area (Å²) in [6, 6.07) is 3.67. The largest absolute Gasteiger partial charge is 0.385 e. The lowest BCUT2D eigenvalue weighted by Gasteiger charge is -2.22. The van der Waals surface area contributed by atoms with Crippen LogP contribution in [0.15, 0.2) is 18.3 Å². The third-order valence-electron chi connectivity index (χ3n) is 3.60. The quantitative estimate of drug-likeness (QED) is 0.810. The number of amides is 1. The molecule has 0 saturated carbocycles. The first-order valence-electron chi connectivity index (χ1n) is 7.89. The van der Waals surface area contributed by atoms with Crippen molar-refractivity contribution in [2.45, 2.75) is 45.1 Å². The van der Waals surface area contributed by atoms with E-state index < -0.39 is 0 Å². The fourth-order valence-electron chi connectivity index (χ4n) is 2.41. The Morgan fingerprint density at radius 3 is 3.10 bits per heavy atom. The number of anilines is 1. The van der Waals surface area contributed by atoms with E-state index in [4.69, 9.17) is 4.74 Å². The Kier molecular flexibility index (Phi) is 6.47. The molecule has 0 aliphatic carbocycles. The second kappa shape index (κ2) is 8.62. The summed E-state index contributed by atoms with van der Waals surface area (Å²) in [4.78, 5) is 16.2. The van der Waals surface area contributed by atoms with Crippen molar-refractivity contribution in [2.24, 2.45) is 0 Å². The zero-order chi connectivity index (χ0) is 14.9. The average Bonchev–Trinajstić information content (AvgIpc) is 2.54. The molecule has 1 fully saturated rings. The van der Waals surface area contributed by atoms with Crippen LogP contribution in [-0.4, -0.2) is 36.7 Å². The molecule has 1 unspecified atom stereocenters. The summed E-state index contributed by atoms with van der Waals surface area (Å²) in [5.74, 6) is -0.119. The van der Waals surface area contributed by atoms with Gasteiger partial charge in [0.05, 0.1) is 6.10 Å².